The van der Waals surface area contributed by atoms with E-state index in [1.807, 2.05) is 11.6 Å². The van der Waals surface area contributed by atoms with E-state index < -0.39 is 0 Å². The number of halogens is 1. The van der Waals surface area contributed by atoms with Gasteiger partial charge in [-0.2, -0.15) is 5.10 Å². The minimum atomic E-state index is 0.471. The van der Waals surface area contributed by atoms with Gasteiger partial charge in [0, 0.05) is 18.8 Å². The highest BCUT2D eigenvalue weighted by Gasteiger charge is 2.09. The van der Waals surface area contributed by atoms with Crippen molar-refractivity contribution in [2.45, 2.75) is 39.8 Å². The average Bonchev–Trinajstić information content (AvgIpc) is 2.56. The van der Waals surface area contributed by atoms with Crippen molar-refractivity contribution in [1.82, 2.24) is 9.78 Å². The highest BCUT2D eigenvalue weighted by molar-refractivity contribution is 14.1. The van der Waals surface area contributed by atoms with Crippen LogP contribution in [0.5, 0.6) is 0 Å². The monoisotopic (exact) mass is 308 g/mol. The molecule has 0 aliphatic heterocycles. The third-order valence-electron chi connectivity index (χ3n) is 2.24. The second-order valence-corrected chi connectivity index (χ2v) is 4.46. The van der Waals surface area contributed by atoms with Gasteiger partial charge in [-0.1, -0.05) is 6.92 Å². The Balaban J connectivity index is 2.71. The number of aromatic nitrogens is 2. The first-order chi connectivity index (χ1) is 6.69. The molecule has 1 rings (SSSR count). The summed E-state index contributed by atoms with van der Waals surface area (Å²) >= 11 is 2.31. The molecule has 0 aromatic carbocycles. The summed E-state index contributed by atoms with van der Waals surface area (Å²) in [6.45, 7) is 7.71. The maximum absolute atomic E-state index is 5.35. The van der Waals surface area contributed by atoms with Crippen LogP contribution in [0, 0.1) is 3.57 Å². The number of hydrogen-bond acceptors (Lipinski definition) is 2. The molecule has 1 aromatic heterocycles. The van der Waals surface area contributed by atoms with E-state index >= 15 is 0 Å². The van der Waals surface area contributed by atoms with Crippen molar-refractivity contribution < 1.29 is 4.74 Å². The summed E-state index contributed by atoms with van der Waals surface area (Å²) in [5.41, 5.74) is 1.05. The van der Waals surface area contributed by atoms with Gasteiger partial charge in [0.1, 0.15) is 5.69 Å². The van der Waals surface area contributed by atoms with Crippen molar-refractivity contribution in [3.05, 3.63) is 15.5 Å². The Labute approximate surface area is 99.0 Å². The maximum Gasteiger partial charge on any atom is 0.101 e. The molecule has 0 spiro atoms. The molecule has 0 N–H and O–H groups in total. The molecule has 3 nitrogen and oxygen atoms in total. The molecule has 0 unspecified atom stereocenters. The second-order valence-electron chi connectivity index (χ2n) is 3.30. The Hall–Kier alpha value is -0.100. The van der Waals surface area contributed by atoms with Gasteiger partial charge in [0.05, 0.1) is 10.2 Å². The van der Waals surface area contributed by atoms with Gasteiger partial charge >= 0.3 is 0 Å². The lowest BCUT2D eigenvalue weighted by Gasteiger charge is -2.07. The minimum Gasteiger partial charge on any atom is -0.375 e. The van der Waals surface area contributed by atoms with Crippen molar-refractivity contribution in [2.75, 3.05) is 6.61 Å². The molecular formula is C10H17IN2O. The molecule has 1 heterocycles. The van der Waals surface area contributed by atoms with Crippen LogP contribution in [0.2, 0.25) is 0 Å². The summed E-state index contributed by atoms with van der Waals surface area (Å²) < 4.78 is 8.56. The summed E-state index contributed by atoms with van der Waals surface area (Å²) in [4.78, 5) is 0. The Morgan fingerprint density at radius 3 is 2.86 bits per heavy atom. The Morgan fingerprint density at radius 2 is 2.29 bits per heavy atom. The molecule has 0 aliphatic carbocycles. The van der Waals surface area contributed by atoms with Gasteiger partial charge in [0.2, 0.25) is 0 Å². The largest absolute Gasteiger partial charge is 0.375 e. The molecule has 0 saturated heterocycles. The molecular weight excluding hydrogens is 291 g/mol. The highest BCUT2D eigenvalue weighted by Crippen LogP contribution is 2.16. The zero-order valence-corrected chi connectivity index (χ0v) is 11.1. The third kappa shape index (κ3) is 2.95. The lowest BCUT2D eigenvalue weighted by Crippen LogP contribution is -2.05. The van der Waals surface area contributed by atoms with Crippen LogP contribution < -0.4 is 0 Å². The van der Waals surface area contributed by atoms with Gasteiger partial charge in [0.25, 0.3) is 0 Å². The molecule has 0 amide bonds. The Bertz CT molecular complexity index is 286. The summed E-state index contributed by atoms with van der Waals surface area (Å²) in [5, 5.41) is 4.50. The zero-order valence-electron chi connectivity index (χ0n) is 8.96. The lowest BCUT2D eigenvalue weighted by atomic mass is 10.3. The van der Waals surface area contributed by atoms with Crippen molar-refractivity contribution in [3.8, 4) is 0 Å². The zero-order chi connectivity index (χ0) is 10.6. The molecule has 0 bridgehead atoms. The van der Waals surface area contributed by atoms with Gasteiger partial charge in [-0.05, 0) is 42.9 Å². The predicted octanol–water partition coefficient (Wildman–Crippen LogP) is 3.00. The first kappa shape index (κ1) is 12.0. The first-order valence-electron chi connectivity index (χ1n) is 5.00. The van der Waals surface area contributed by atoms with E-state index in [9.17, 15) is 0 Å². The topological polar surface area (TPSA) is 27.1 Å². The molecule has 0 saturated carbocycles. The molecule has 0 aliphatic rings. The van der Waals surface area contributed by atoms with E-state index in [1.165, 1.54) is 3.57 Å². The molecule has 0 radical (unpaired) electrons. The Morgan fingerprint density at radius 1 is 1.57 bits per heavy atom. The van der Waals surface area contributed by atoms with Crippen LogP contribution in [0.4, 0.5) is 0 Å². The number of ether oxygens (including phenoxy) is 1. The van der Waals surface area contributed by atoms with Crippen LogP contribution in [0.25, 0.3) is 0 Å². The fourth-order valence-corrected chi connectivity index (χ4v) is 1.67. The Kier molecular flexibility index (Phi) is 4.88. The van der Waals surface area contributed by atoms with Crippen LogP contribution >= 0.6 is 22.6 Å². The fraction of sp³-hybridized carbons (Fsp3) is 0.700. The van der Waals surface area contributed by atoms with Crippen LogP contribution in [-0.2, 0) is 11.3 Å². The van der Waals surface area contributed by atoms with E-state index in [0.717, 1.165) is 18.7 Å². The van der Waals surface area contributed by atoms with E-state index in [1.54, 1.807) is 0 Å². The summed E-state index contributed by atoms with van der Waals surface area (Å²) in [5.74, 6) is 0. The lowest BCUT2D eigenvalue weighted by molar-refractivity contribution is 0.130. The molecule has 0 fully saturated rings. The van der Waals surface area contributed by atoms with Gasteiger partial charge in [0.15, 0.2) is 0 Å². The van der Waals surface area contributed by atoms with Gasteiger partial charge < -0.3 is 4.74 Å². The van der Waals surface area contributed by atoms with Crippen LogP contribution in [0.3, 0.4) is 0 Å². The normalized spacial score (nSPS) is 13.1. The van der Waals surface area contributed by atoms with Crippen molar-refractivity contribution >= 4 is 22.6 Å². The van der Waals surface area contributed by atoms with Gasteiger partial charge in [-0.15, -0.1) is 0 Å². The second kappa shape index (κ2) is 5.70. The average molecular weight is 308 g/mol. The van der Waals surface area contributed by atoms with E-state index in [4.69, 9.17) is 4.74 Å². The highest BCUT2D eigenvalue weighted by atomic mass is 127. The number of hydrogen-bond donors (Lipinski definition) is 0. The predicted molar refractivity (Wildman–Crippen MR) is 65.3 cm³/mol. The minimum absolute atomic E-state index is 0.471. The SMILES string of the molecule is CCOCc1nn([C@@H](C)CC)cc1I. The number of nitrogens with zero attached hydrogens (tertiary/aromatic N) is 2. The van der Waals surface area contributed by atoms with E-state index in [0.29, 0.717) is 12.6 Å². The standard InChI is InChI=1S/C10H17IN2O/c1-4-8(3)13-6-9(11)10(12-13)7-14-5-2/h6,8H,4-5,7H2,1-3H3/t8-/m0/s1. The van der Waals surface area contributed by atoms with Gasteiger partial charge in [-0.25, -0.2) is 0 Å². The fourth-order valence-electron chi connectivity index (χ4n) is 1.12. The molecule has 14 heavy (non-hydrogen) atoms. The maximum atomic E-state index is 5.35. The number of rotatable bonds is 5. The van der Waals surface area contributed by atoms with Crippen LogP contribution in [0.1, 0.15) is 38.9 Å². The smallest absolute Gasteiger partial charge is 0.101 e. The first-order valence-corrected chi connectivity index (χ1v) is 6.08. The molecule has 1 aromatic rings. The van der Waals surface area contributed by atoms with E-state index in [2.05, 4.69) is 47.7 Å². The van der Waals surface area contributed by atoms with E-state index in [-0.39, 0.29) is 0 Å². The molecule has 4 heteroatoms. The van der Waals surface area contributed by atoms with Crippen molar-refractivity contribution in [1.29, 1.82) is 0 Å². The van der Waals surface area contributed by atoms with Crippen LogP contribution in [-0.4, -0.2) is 16.4 Å². The summed E-state index contributed by atoms with van der Waals surface area (Å²) in [6.07, 6.45) is 3.19. The van der Waals surface area contributed by atoms with Crippen molar-refractivity contribution in [3.63, 3.8) is 0 Å². The van der Waals surface area contributed by atoms with Crippen LogP contribution in [0.15, 0.2) is 6.20 Å². The molecule has 1 atom stereocenters. The van der Waals surface area contributed by atoms with Gasteiger partial charge in [-0.3, -0.25) is 4.68 Å². The third-order valence-corrected chi connectivity index (χ3v) is 3.14. The molecule has 80 valence electrons. The summed E-state index contributed by atoms with van der Waals surface area (Å²) in [7, 11) is 0. The van der Waals surface area contributed by atoms with Crippen molar-refractivity contribution in [2.24, 2.45) is 0 Å². The quantitative estimate of drug-likeness (QED) is 0.782. The summed E-state index contributed by atoms with van der Waals surface area (Å²) in [6, 6.07) is 0.471.